The van der Waals surface area contributed by atoms with E-state index in [9.17, 15) is 4.79 Å². The first-order valence-corrected chi connectivity index (χ1v) is 6.80. The monoisotopic (exact) mass is 234 g/mol. The number of carbonyl (C=O) groups excluding carboxylic acids is 1. The van der Waals surface area contributed by atoms with Gasteiger partial charge in [0.15, 0.2) is 5.17 Å². The van der Waals surface area contributed by atoms with Gasteiger partial charge in [-0.05, 0) is 31.1 Å². The van der Waals surface area contributed by atoms with E-state index >= 15 is 0 Å². The molecule has 2 saturated carbocycles. The quantitative estimate of drug-likeness (QED) is 0.641. The van der Waals surface area contributed by atoms with Gasteiger partial charge in [-0.3, -0.25) is 14.7 Å². The maximum absolute atomic E-state index is 12.4. The summed E-state index contributed by atoms with van der Waals surface area (Å²) in [5, 5.41) is 0.920. The van der Waals surface area contributed by atoms with Crippen LogP contribution in [0, 0.1) is 17.8 Å². The number of amides is 1. The highest BCUT2D eigenvalue weighted by atomic mass is 32.2. The summed E-state index contributed by atoms with van der Waals surface area (Å²) in [6.07, 6.45) is 3.75. The van der Waals surface area contributed by atoms with Crippen molar-refractivity contribution in [1.29, 1.82) is 0 Å². The minimum Gasteiger partial charge on any atom is -0.286 e. The van der Waals surface area contributed by atoms with Gasteiger partial charge in [-0.1, -0.05) is 18.3 Å². The molecule has 4 rings (SSSR count). The van der Waals surface area contributed by atoms with E-state index < -0.39 is 0 Å². The number of nitrogens with zero attached hydrogens (tertiary/aromatic N) is 2. The van der Waals surface area contributed by atoms with E-state index in [1.165, 1.54) is 19.3 Å². The molecule has 3 fully saturated rings. The third-order valence-corrected chi connectivity index (χ3v) is 5.41. The average molecular weight is 234 g/mol. The fourth-order valence-corrected chi connectivity index (χ4v) is 4.72. The second-order valence-electron chi connectivity index (χ2n) is 5.33. The van der Waals surface area contributed by atoms with E-state index in [1.54, 1.807) is 11.8 Å². The topological polar surface area (TPSA) is 32.7 Å². The Bertz CT molecular complexity index is 431. The minimum atomic E-state index is 0.203. The van der Waals surface area contributed by atoms with Gasteiger partial charge in [-0.25, -0.2) is 0 Å². The zero-order chi connectivity index (χ0) is 10.9. The molecule has 0 aromatic heterocycles. The van der Waals surface area contributed by atoms with E-state index in [4.69, 9.17) is 4.99 Å². The zero-order valence-corrected chi connectivity index (χ0v) is 9.87. The van der Waals surface area contributed by atoms with Gasteiger partial charge in [0, 0.05) is 4.91 Å². The summed E-state index contributed by atoms with van der Waals surface area (Å²) in [5.74, 6) is 1.83. The maximum Gasteiger partial charge on any atom is 0.234 e. The van der Waals surface area contributed by atoms with E-state index in [-0.39, 0.29) is 5.92 Å². The summed E-state index contributed by atoms with van der Waals surface area (Å²) in [6, 6.07) is 0.302. The van der Waals surface area contributed by atoms with Crippen molar-refractivity contribution in [2.75, 3.05) is 6.54 Å². The van der Waals surface area contributed by atoms with E-state index in [2.05, 4.69) is 6.58 Å². The van der Waals surface area contributed by atoms with Crippen molar-refractivity contribution in [3.8, 4) is 0 Å². The van der Waals surface area contributed by atoms with Crippen molar-refractivity contribution in [3.63, 3.8) is 0 Å². The van der Waals surface area contributed by atoms with Crippen molar-refractivity contribution < 1.29 is 4.79 Å². The van der Waals surface area contributed by atoms with Gasteiger partial charge >= 0.3 is 0 Å². The predicted octanol–water partition coefficient (Wildman–Crippen LogP) is 1.86. The molecule has 0 spiro atoms. The van der Waals surface area contributed by atoms with Crippen LogP contribution >= 0.6 is 11.8 Å². The van der Waals surface area contributed by atoms with Gasteiger partial charge in [0.05, 0.1) is 18.5 Å². The Morgan fingerprint density at radius 2 is 2.19 bits per heavy atom. The molecule has 1 amide bonds. The normalized spacial score (nSPS) is 44.8. The van der Waals surface area contributed by atoms with Crippen LogP contribution in [-0.4, -0.2) is 28.6 Å². The van der Waals surface area contributed by atoms with Crippen LogP contribution in [0.25, 0.3) is 0 Å². The summed E-state index contributed by atoms with van der Waals surface area (Å²) in [7, 11) is 0. The zero-order valence-electron chi connectivity index (χ0n) is 9.06. The lowest BCUT2D eigenvalue weighted by Gasteiger charge is -2.34. The van der Waals surface area contributed by atoms with Crippen molar-refractivity contribution in [2.24, 2.45) is 22.7 Å². The average Bonchev–Trinajstić information content (AvgIpc) is 2.90. The number of hydrogen-bond donors (Lipinski definition) is 0. The van der Waals surface area contributed by atoms with Gasteiger partial charge in [0.1, 0.15) is 0 Å². The lowest BCUT2D eigenvalue weighted by Crippen LogP contribution is -2.48. The first-order chi connectivity index (χ1) is 7.74. The molecular formula is C12H14N2OS. The van der Waals surface area contributed by atoms with Crippen LogP contribution in [-0.2, 0) is 4.79 Å². The molecule has 84 valence electrons. The van der Waals surface area contributed by atoms with Gasteiger partial charge in [-0.15, -0.1) is 0 Å². The fourth-order valence-electron chi connectivity index (χ4n) is 3.83. The Balaban J connectivity index is 1.78. The van der Waals surface area contributed by atoms with Crippen molar-refractivity contribution >= 4 is 22.8 Å². The Kier molecular flexibility index (Phi) is 1.69. The highest BCUT2D eigenvalue weighted by Crippen LogP contribution is 2.53. The number of thioether (sulfide) groups is 1. The number of rotatable bonds is 0. The lowest BCUT2D eigenvalue weighted by atomic mass is 9.83. The smallest absolute Gasteiger partial charge is 0.234 e. The third kappa shape index (κ3) is 1.01. The SMILES string of the molecule is C=C1CN2C(=O)C3C(N=C2S1)[C@H]1CC[C@@H]3C1. The number of hydrogen-bond acceptors (Lipinski definition) is 3. The number of aliphatic imine (C=N–C) groups is 1. The highest BCUT2D eigenvalue weighted by Gasteiger charge is 2.55. The molecule has 4 aliphatic rings. The summed E-state index contributed by atoms with van der Waals surface area (Å²) in [5.41, 5.74) is 0. The lowest BCUT2D eigenvalue weighted by molar-refractivity contribution is -0.134. The number of amidine groups is 1. The van der Waals surface area contributed by atoms with Gasteiger partial charge < -0.3 is 0 Å². The third-order valence-electron chi connectivity index (χ3n) is 4.48. The van der Waals surface area contributed by atoms with Crippen LogP contribution in [0.15, 0.2) is 16.5 Å². The van der Waals surface area contributed by atoms with Crippen LogP contribution < -0.4 is 0 Å². The van der Waals surface area contributed by atoms with Gasteiger partial charge in [-0.2, -0.15) is 0 Å². The second kappa shape index (κ2) is 2.92. The Morgan fingerprint density at radius 3 is 3.06 bits per heavy atom. The first-order valence-electron chi connectivity index (χ1n) is 5.99. The molecule has 2 aliphatic heterocycles. The van der Waals surface area contributed by atoms with Crippen LogP contribution in [0.4, 0.5) is 0 Å². The maximum atomic E-state index is 12.4. The Hall–Kier alpha value is -0.770. The highest BCUT2D eigenvalue weighted by molar-refractivity contribution is 8.17. The molecule has 2 heterocycles. The second-order valence-corrected chi connectivity index (χ2v) is 6.47. The molecule has 0 N–H and O–H groups in total. The largest absolute Gasteiger partial charge is 0.286 e. The van der Waals surface area contributed by atoms with Crippen molar-refractivity contribution in [2.45, 2.75) is 25.3 Å². The summed E-state index contributed by atoms with van der Waals surface area (Å²) < 4.78 is 0. The molecule has 4 heteroatoms. The van der Waals surface area contributed by atoms with Gasteiger partial charge in [0.25, 0.3) is 0 Å². The first kappa shape index (κ1) is 9.28. The Morgan fingerprint density at radius 1 is 1.38 bits per heavy atom. The molecule has 0 aromatic rings. The summed E-state index contributed by atoms with van der Waals surface area (Å²) in [6.45, 7) is 4.63. The predicted molar refractivity (Wildman–Crippen MR) is 64.0 cm³/mol. The van der Waals surface area contributed by atoms with E-state index in [0.29, 0.717) is 30.3 Å². The molecular weight excluding hydrogens is 220 g/mol. The van der Waals surface area contributed by atoms with Gasteiger partial charge in [0.2, 0.25) is 5.91 Å². The van der Waals surface area contributed by atoms with Crippen LogP contribution in [0.5, 0.6) is 0 Å². The number of fused-ring (bicyclic) bond motifs is 6. The molecule has 4 atom stereocenters. The number of carbonyl (C=O) groups is 1. The standard InChI is InChI=1S/C12H14N2OS/c1-6-5-14-11(15)9-7-2-3-8(4-7)10(9)13-12(14)16-6/h7-10H,1-5H2/t7-,8+,9?,10?/m1/s1. The molecule has 1 saturated heterocycles. The summed E-state index contributed by atoms with van der Waals surface area (Å²) in [4.78, 5) is 20.1. The van der Waals surface area contributed by atoms with Crippen LogP contribution in [0.1, 0.15) is 19.3 Å². The van der Waals surface area contributed by atoms with E-state index in [1.807, 2.05) is 4.90 Å². The van der Waals surface area contributed by atoms with Crippen molar-refractivity contribution in [3.05, 3.63) is 11.5 Å². The van der Waals surface area contributed by atoms with Crippen molar-refractivity contribution in [1.82, 2.24) is 4.90 Å². The van der Waals surface area contributed by atoms with Crippen LogP contribution in [0.3, 0.4) is 0 Å². The van der Waals surface area contributed by atoms with E-state index in [0.717, 1.165) is 10.1 Å². The molecule has 2 unspecified atom stereocenters. The summed E-state index contributed by atoms with van der Waals surface area (Å²) >= 11 is 1.59. The molecule has 2 aliphatic carbocycles. The molecule has 2 bridgehead atoms. The fraction of sp³-hybridized carbons (Fsp3) is 0.667. The Labute approximate surface area is 99.0 Å². The molecule has 3 nitrogen and oxygen atoms in total. The minimum absolute atomic E-state index is 0.203. The van der Waals surface area contributed by atoms with Crippen LogP contribution in [0.2, 0.25) is 0 Å². The molecule has 0 radical (unpaired) electrons. The molecule has 0 aromatic carbocycles. The molecule has 16 heavy (non-hydrogen) atoms.